The summed E-state index contributed by atoms with van der Waals surface area (Å²) in [4.78, 5) is 9.79. The molecule has 1 aromatic rings. The molecule has 24 heavy (non-hydrogen) atoms. The van der Waals surface area contributed by atoms with Crippen LogP contribution in [0.25, 0.3) is 0 Å². The van der Waals surface area contributed by atoms with Gasteiger partial charge in [0.1, 0.15) is 24.9 Å². The van der Waals surface area contributed by atoms with E-state index >= 15 is 0 Å². The third-order valence-electron chi connectivity index (χ3n) is 3.69. The Kier molecular flexibility index (Phi) is 6.60. The quantitative estimate of drug-likeness (QED) is 0.459. The predicted octanol–water partition coefficient (Wildman–Crippen LogP) is -1.01. The SMILES string of the molecule is COc1cc(CO)cc(OC)c1OCC1OOC(CO)C(O)C1O. The van der Waals surface area contributed by atoms with Crippen molar-refractivity contribution in [3.63, 3.8) is 0 Å². The monoisotopic (exact) mass is 346 g/mol. The molecule has 2 rings (SSSR count). The summed E-state index contributed by atoms with van der Waals surface area (Å²) >= 11 is 0. The van der Waals surface area contributed by atoms with E-state index in [1.807, 2.05) is 0 Å². The molecule has 0 spiro atoms. The Morgan fingerprint density at radius 2 is 1.50 bits per heavy atom. The van der Waals surface area contributed by atoms with Gasteiger partial charge in [-0.05, 0) is 17.7 Å². The highest BCUT2D eigenvalue weighted by atomic mass is 17.2. The zero-order valence-corrected chi connectivity index (χ0v) is 13.4. The Hall–Kier alpha value is -1.62. The van der Waals surface area contributed by atoms with Gasteiger partial charge in [-0.3, -0.25) is 0 Å². The molecule has 9 heteroatoms. The Morgan fingerprint density at radius 3 is 2.00 bits per heavy atom. The van der Waals surface area contributed by atoms with Crippen molar-refractivity contribution in [2.45, 2.75) is 31.0 Å². The zero-order valence-electron chi connectivity index (χ0n) is 13.4. The van der Waals surface area contributed by atoms with Gasteiger partial charge in [0, 0.05) is 0 Å². The van der Waals surface area contributed by atoms with Gasteiger partial charge in [0.05, 0.1) is 27.4 Å². The van der Waals surface area contributed by atoms with Crippen LogP contribution in [-0.2, 0) is 16.4 Å². The van der Waals surface area contributed by atoms with Gasteiger partial charge in [-0.2, -0.15) is 0 Å². The van der Waals surface area contributed by atoms with E-state index in [-0.39, 0.29) is 19.0 Å². The van der Waals surface area contributed by atoms with Crippen molar-refractivity contribution >= 4 is 0 Å². The van der Waals surface area contributed by atoms with Crippen LogP contribution in [0, 0.1) is 0 Å². The molecule has 136 valence electrons. The van der Waals surface area contributed by atoms with Crippen LogP contribution in [0.3, 0.4) is 0 Å². The van der Waals surface area contributed by atoms with Crippen LogP contribution in [0.2, 0.25) is 0 Å². The summed E-state index contributed by atoms with van der Waals surface area (Å²) in [6, 6.07) is 3.17. The third kappa shape index (κ3) is 3.89. The molecule has 4 atom stereocenters. The summed E-state index contributed by atoms with van der Waals surface area (Å²) < 4.78 is 16.0. The first-order chi connectivity index (χ1) is 11.5. The summed E-state index contributed by atoms with van der Waals surface area (Å²) in [6.45, 7) is -0.850. The maximum atomic E-state index is 10.0. The lowest BCUT2D eigenvalue weighted by Gasteiger charge is -2.35. The molecule has 1 aliphatic heterocycles. The fourth-order valence-electron chi connectivity index (χ4n) is 2.29. The van der Waals surface area contributed by atoms with E-state index < -0.39 is 31.0 Å². The molecule has 1 saturated heterocycles. The van der Waals surface area contributed by atoms with Crippen LogP contribution in [0.15, 0.2) is 12.1 Å². The summed E-state index contributed by atoms with van der Waals surface area (Å²) in [5.74, 6) is 0.920. The summed E-state index contributed by atoms with van der Waals surface area (Å²) in [5, 5.41) is 38.1. The fraction of sp³-hybridized carbons (Fsp3) is 0.600. The molecular formula is C15H22O9. The lowest BCUT2D eigenvalue weighted by Crippen LogP contribution is -2.54. The smallest absolute Gasteiger partial charge is 0.203 e. The lowest BCUT2D eigenvalue weighted by atomic mass is 10.0. The number of aliphatic hydroxyl groups is 4. The van der Waals surface area contributed by atoms with Gasteiger partial charge < -0.3 is 34.6 Å². The Labute approximate surface area is 138 Å². The molecule has 4 N–H and O–H groups in total. The van der Waals surface area contributed by atoms with Gasteiger partial charge in [0.2, 0.25) is 5.75 Å². The molecule has 9 nitrogen and oxygen atoms in total. The lowest BCUT2D eigenvalue weighted by molar-refractivity contribution is -0.417. The van der Waals surface area contributed by atoms with E-state index in [1.54, 1.807) is 12.1 Å². The molecule has 4 unspecified atom stereocenters. The number of hydrogen-bond acceptors (Lipinski definition) is 9. The van der Waals surface area contributed by atoms with Crippen molar-refractivity contribution in [3.05, 3.63) is 17.7 Å². The van der Waals surface area contributed by atoms with Crippen molar-refractivity contribution in [2.24, 2.45) is 0 Å². The van der Waals surface area contributed by atoms with Crippen LogP contribution in [-0.4, -0.2) is 72.3 Å². The largest absolute Gasteiger partial charge is 0.493 e. The number of rotatable bonds is 7. The molecular weight excluding hydrogens is 324 g/mol. The fourth-order valence-corrected chi connectivity index (χ4v) is 2.29. The van der Waals surface area contributed by atoms with Gasteiger partial charge in [-0.1, -0.05) is 0 Å². The van der Waals surface area contributed by atoms with Crippen LogP contribution < -0.4 is 14.2 Å². The van der Waals surface area contributed by atoms with Gasteiger partial charge in [0.25, 0.3) is 0 Å². The topological polar surface area (TPSA) is 127 Å². The van der Waals surface area contributed by atoms with E-state index in [9.17, 15) is 15.3 Å². The zero-order chi connectivity index (χ0) is 17.7. The van der Waals surface area contributed by atoms with Crippen molar-refractivity contribution in [1.82, 2.24) is 0 Å². The first-order valence-corrected chi connectivity index (χ1v) is 7.33. The first kappa shape index (κ1) is 18.7. The molecule has 1 heterocycles. The summed E-state index contributed by atoms with van der Waals surface area (Å²) in [6.07, 6.45) is -4.61. The normalized spacial score (nSPS) is 26.9. The van der Waals surface area contributed by atoms with Crippen LogP contribution in [0.4, 0.5) is 0 Å². The molecule has 0 aliphatic carbocycles. The minimum absolute atomic E-state index is 0.165. The maximum Gasteiger partial charge on any atom is 0.203 e. The predicted molar refractivity (Wildman–Crippen MR) is 79.8 cm³/mol. The van der Waals surface area contributed by atoms with Gasteiger partial charge in [-0.15, -0.1) is 0 Å². The highest BCUT2D eigenvalue weighted by Gasteiger charge is 2.40. The summed E-state index contributed by atoms with van der Waals surface area (Å²) in [5.41, 5.74) is 0.578. The number of ether oxygens (including phenoxy) is 3. The Bertz CT molecular complexity index is 511. The van der Waals surface area contributed by atoms with E-state index in [4.69, 9.17) is 29.1 Å². The molecule has 1 aromatic carbocycles. The van der Waals surface area contributed by atoms with Crippen LogP contribution in [0.1, 0.15) is 5.56 Å². The molecule has 0 aromatic heterocycles. The van der Waals surface area contributed by atoms with Crippen molar-refractivity contribution in [2.75, 3.05) is 27.4 Å². The van der Waals surface area contributed by atoms with Crippen molar-refractivity contribution in [1.29, 1.82) is 0 Å². The van der Waals surface area contributed by atoms with E-state index in [0.29, 0.717) is 17.1 Å². The highest BCUT2D eigenvalue weighted by Crippen LogP contribution is 2.39. The van der Waals surface area contributed by atoms with E-state index in [1.165, 1.54) is 14.2 Å². The molecule has 0 amide bonds. The van der Waals surface area contributed by atoms with Gasteiger partial charge >= 0.3 is 0 Å². The number of methoxy groups -OCH3 is 2. The second kappa shape index (κ2) is 8.47. The molecule has 1 fully saturated rings. The molecule has 0 bridgehead atoms. The molecule has 1 aliphatic rings. The van der Waals surface area contributed by atoms with Crippen molar-refractivity contribution < 1.29 is 44.4 Å². The first-order valence-electron chi connectivity index (χ1n) is 7.33. The van der Waals surface area contributed by atoms with Gasteiger partial charge in [-0.25, -0.2) is 9.78 Å². The minimum Gasteiger partial charge on any atom is -0.493 e. The standard InChI is InChI=1S/C15H22O9/c1-20-9-3-8(5-16)4-10(21-2)15(9)22-7-12-14(19)13(18)11(6-17)23-24-12/h3-4,11-14,16-19H,5-7H2,1-2H3. The average molecular weight is 346 g/mol. The molecule has 0 radical (unpaired) electrons. The van der Waals surface area contributed by atoms with Crippen LogP contribution >= 0.6 is 0 Å². The summed E-state index contributed by atoms with van der Waals surface area (Å²) in [7, 11) is 2.88. The van der Waals surface area contributed by atoms with E-state index in [0.717, 1.165) is 0 Å². The van der Waals surface area contributed by atoms with Gasteiger partial charge in [0.15, 0.2) is 17.6 Å². The number of aliphatic hydroxyl groups excluding tert-OH is 4. The second-order valence-electron chi connectivity index (χ2n) is 5.23. The van der Waals surface area contributed by atoms with E-state index in [2.05, 4.69) is 0 Å². The van der Waals surface area contributed by atoms with Crippen molar-refractivity contribution in [3.8, 4) is 17.2 Å². The van der Waals surface area contributed by atoms with Crippen LogP contribution in [0.5, 0.6) is 17.2 Å². The Balaban J connectivity index is 2.11. The number of hydrogen-bond donors (Lipinski definition) is 4. The Morgan fingerprint density at radius 1 is 0.958 bits per heavy atom. The second-order valence-corrected chi connectivity index (χ2v) is 5.23. The minimum atomic E-state index is -1.31. The average Bonchev–Trinajstić information content (AvgIpc) is 2.62. The molecule has 0 saturated carbocycles. The third-order valence-corrected chi connectivity index (χ3v) is 3.69. The highest BCUT2D eigenvalue weighted by molar-refractivity contribution is 5.53. The number of benzene rings is 1. The maximum absolute atomic E-state index is 10.0.